The van der Waals surface area contributed by atoms with Gasteiger partial charge >= 0.3 is 0 Å². The molecule has 0 saturated carbocycles. The minimum absolute atomic E-state index is 0.0524. The number of hydrogen-bond donors (Lipinski definition) is 2. The van der Waals surface area contributed by atoms with Gasteiger partial charge in [0, 0.05) is 29.5 Å². The van der Waals surface area contributed by atoms with E-state index in [-0.39, 0.29) is 10.8 Å². The fourth-order valence-corrected chi connectivity index (χ4v) is 3.16. The molecule has 0 unspecified atom stereocenters. The summed E-state index contributed by atoms with van der Waals surface area (Å²) in [6.07, 6.45) is 2.72. The van der Waals surface area contributed by atoms with E-state index in [0.29, 0.717) is 28.2 Å². The number of fused-ring (bicyclic) bond motifs is 1. The molecule has 8 nitrogen and oxygen atoms in total. The van der Waals surface area contributed by atoms with E-state index in [1.165, 1.54) is 24.3 Å². The third kappa shape index (κ3) is 5.02. The van der Waals surface area contributed by atoms with E-state index in [1.807, 2.05) is 30.3 Å². The molecule has 2 N–H and O–H groups in total. The Morgan fingerprint density at radius 2 is 1.88 bits per heavy atom. The monoisotopic (exact) mass is 444 g/mol. The van der Waals surface area contributed by atoms with Gasteiger partial charge in [0.1, 0.15) is 5.52 Å². The zero-order chi connectivity index (χ0) is 22.5. The van der Waals surface area contributed by atoms with Crippen molar-refractivity contribution in [2.45, 2.75) is 0 Å². The lowest BCUT2D eigenvalue weighted by molar-refractivity contribution is -0.384. The van der Waals surface area contributed by atoms with Crippen LogP contribution in [-0.2, 0) is 4.79 Å². The Hall–Kier alpha value is -4.37. The first-order valence-corrected chi connectivity index (χ1v) is 9.89. The van der Waals surface area contributed by atoms with Gasteiger partial charge in [-0.25, -0.2) is 4.98 Å². The van der Waals surface area contributed by atoms with Gasteiger partial charge < -0.3 is 9.73 Å². The lowest BCUT2D eigenvalue weighted by atomic mass is 10.2. The van der Waals surface area contributed by atoms with Crippen LogP contribution < -0.4 is 10.6 Å². The number of benzene rings is 3. The minimum atomic E-state index is -0.495. The van der Waals surface area contributed by atoms with E-state index in [4.69, 9.17) is 16.6 Å². The van der Waals surface area contributed by atoms with Gasteiger partial charge in [-0.05, 0) is 54.2 Å². The standard InChI is InChI=1S/C23H16N4O4S/c28-21(12-9-15-5-4-8-18(13-15)27(29)30)26-23(32)24-17-10-11-20-19(14-17)25-22(31-20)16-6-2-1-3-7-16/h1-14H,(H2,24,26,28,32)/b12-9+. The first-order chi connectivity index (χ1) is 15.5. The fourth-order valence-electron chi connectivity index (χ4n) is 2.94. The number of nitrogens with one attached hydrogen (secondary N) is 2. The topological polar surface area (TPSA) is 110 Å². The summed E-state index contributed by atoms with van der Waals surface area (Å²) in [5, 5.41) is 16.4. The molecule has 0 aliphatic carbocycles. The van der Waals surface area contributed by atoms with E-state index >= 15 is 0 Å². The lowest BCUT2D eigenvalue weighted by Gasteiger charge is -2.07. The number of thiocarbonyl (C=S) groups is 1. The Kier molecular flexibility index (Phi) is 6.00. The van der Waals surface area contributed by atoms with Gasteiger partial charge in [0.25, 0.3) is 5.69 Å². The quantitative estimate of drug-likeness (QED) is 0.194. The van der Waals surface area contributed by atoms with Crippen molar-refractivity contribution in [3.05, 3.63) is 94.6 Å². The molecule has 4 aromatic rings. The number of rotatable bonds is 5. The highest BCUT2D eigenvalue weighted by Crippen LogP contribution is 2.26. The number of hydrogen-bond acceptors (Lipinski definition) is 6. The molecule has 9 heteroatoms. The van der Waals surface area contributed by atoms with E-state index in [0.717, 1.165) is 5.56 Å². The molecule has 0 spiro atoms. The van der Waals surface area contributed by atoms with Crippen molar-refractivity contribution in [3.8, 4) is 11.5 Å². The van der Waals surface area contributed by atoms with Crippen LogP contribution in [0.2, 0.25) is 0 Å². The van der Waals surface area contributed by atoms with Crippen LogP contribution in [0, 0.1) is 10.1 Å². The Balaban J connectivity index is 1.39. The summed E-state index contributed by atoms with van der Waals surface area (Å²) in [5.74, 6) is 0.0443. The molecule has 32 heavy (non-hydrogen) atoms. The molecule has 158 valence electrons. The highest BCUT2D eigenvalue weighted by Gasteiger charge is 2.10. The maximum Gasteiger partial charge on any atom is 0.270 e. The van der Waals surface area contributed by atoms with Gasteiger partial charge in [0.15, 0.2) is 10.7 Å². The molecule has 0 aliphatic rings. The third-order valence-electron chi connectivity index (χ3n) is 4.41. The number of non-ortho nitro benzene ring substituents is 1. The molecular formula is C23H16N4O4S. The summed E-state index contributed by atoms with van der Waals surface area (Å²) in [5.41, 5.74) is 3.26. The maximum absolute atomic E-state index is 12.1. The summed E-state index contributed by atoms with van der Waals surface area (Å²) >= 11 is 5.19. The van der Waals surface area contributed by atoms with E-state index in [1.54, 1.807) is 30.3 Å². The Morgan fingerprint density at radius 3 is 2.66 bits per heavy atom. The van der Waals surface area contributed by atoms with E-state index in [2.05, 4.69) is 15.6 Å². The van der Waals surface area contributed by atoms with Gasteiger partial charge in [-0.15, -0.1) is 0 Å². The van der Waals surface area contributed by atoms with Crippen molar-refractivity contribution >= 4 is 51.8 Å². The normalized spacial score (nSPS) is 10.9. The van der Waals surface area contributed by atoms with Crippen molar-refractivity contribution < 1.29 is 14.1 Å². The highest BCUT2D eigenvalue weighted by atomic mass is 32.1. The lowest BCUT2D eigenvalue weighted by Crippen LogP contribution is -2.32. The summed E-state index contributed by atoms with van der Waals surface area (Å²) < 4.78 is 5.78. The summed E-state index contributed by atoms with van der Waals surface area (Å²) in [4.78, 5) is 27.0. The molecule has 0 atom stereocenters. The first-order valence-electron chi connectivity index (χ1n) is 9.48. The van der Waals surface area contributed by atoms with Crippen LogP contribution in [0.5, 0.6) is 0 Å². The largest absolute Gasteiger partial charge is 0.436 e. The molecule has 0 fully saturated rings. The number of carbonyl (C=O) groups excluding carboxylic acids is 1. The number of carbonyl (C=O) groups is 1. The molecular weight excluding hydrogens is 428 g/mol. The molecule has 1 aromatic heterocycles. The number of anilines is 1. The highest BCUT2D eigenvalue weighted by molar-refractivity contribution is 7.80. The summed E-state index contributed by atoms with van der Waals surface area (Å²) in [6.45, 7) is 0. The average molecular weight is 444 g/mol. The number of oxazole rings is 1. The first kappa shape index (κ1) is 20.9. The fraction of sp³-hybridized carbons (Fsp3) is 0. The van der Waals surface area contributed by atoms with Gasteiger partial charge in [-0.3, -0.25) is 20.2 Å². The van der Waals surface area contributed by atoms with Crippen LogP contribution in [0.15, 0.2) is 83.3 Å². The number of aromatic nitrogens is 1. The van der Waals surface area contributed by atoms with Crippen molar-refractivity contribution in [2.24, 2.45) is 0 Å². The zero-order valence-electron chi connectivity index (χ0n) is 16.5. The Labute approximate surface area is 187 Å². The molecule has 1 amide bonds. The predicted molar refractivity (Wildman–Crippen MR) is 126 cm³/mol. The molecule has 0 saturated heterocycles. The Morgan fingerprint density at radius 1 is 1.06 bits per heavy atom. The Bertz CT molecular complexity index is 1350. The number of nitro groups is 1. The average Bonchev–Trinajstić information content (AvgIpc) is 3.22. The summed E-state index contributed by atoms with van der Waals surface area (Å²) in [6, 6.07) is 20.8. The molecule has 0 aliphatic heterocycles. The van der Waals surface area contributed by atoms with Crippen molar-refractivity contribution in [1.29, 1.82) is 0 Å². The molecule has 0 bridgehead atoms. The van der Waals surface area contributed by atoms with Crippen LogP contribution in [-0.4, -0.2) is 20.9 Å². The number of nitro benzene ring substituents is 1. The van der Waals surface area contributed by atoms with Gasteiger partial charge in [-0.1, -0.05) is 30.3 Å². The third-order valence-corrected chi connectivity index (χ3v) is 4.62. The van der Waals surface area contributed by atoms with Crippen LogP contribution in [0.3, 0.4) is 0 Å². The maximum atomic E-state index is 12.1. The van der Waals surface area contributed by atoms with Crippen molar-refractivity contribution in [3.63, 3.8) is 0 Å². The van der Waals surface area contributed by atoms with Crippen LogP contribution in [0.4, 0.5) is 11.4 Å². The van der Waals surface area contributed by atoms with Crippen LogP contribution in [0.25, 0.3) is 28.6 Å². The number of nitrogens with zero attached hydrogens (tertiary/aromatic N) is 2. The van der Waals surface area contributed by atoms with E-state index < -0.39 is 10.8 Å². The van der Waals surface area contributed by atoms with Crippen molar-refractivity contribution in [2.75, 3.05) is 5.32 Å². The van der Waals surface area contributed by atoms with Gasteiger partial charge in [0.05, 0.1) is 4.92 Å². The molecule has 4 rings (SSSR count). The van der Waals surface area contributed by atoms with E-state index in [9.17, 15) is 14.9 Å². The molecule has 1 heterocycles. The van der Waals surface area contributed by atoms with Crippen LogP contribution >= 0.6 is 12.2 Å². The summed E-state index contributed by atoms with van der Waals surface area (Å²) in [7, 11) is 0. The van der Waals surface area contributed by atoms with Gasteiger partial charge in [-0.2, -0.15) is 0 Å². The molecule has 3 aromatic carbocycles. The SMILES string of the molecule is O=C(/C=C/c1cccc([N+](=O)[O-])c1)NC(=S)Nc1ccc2oc(-c3ccccc3)nc2c1. The second-order valence-electron chi connectivity index (χ2n) is 6.70. The minimum Gasteiger partial charge on any atom is -0.436 e. The number of amides is 1. The predicted octanol–water partition coefficient (Wildman–Crippen LogP) is 4.93. The van der Waals surface area contributed by atoms with Crippen LogP contribution in [0.1, 0.15) is 5.56 Å². The van der Waals surface area contributed by atoms with Crippen molar-refractivity contribution in [1.82, 2.24) is 10.3 Å². The smallest absolute Gasteiger partial charge is 0.270 e. The van der Waals surface area contributed by atoms with Gasteiger partial charge in [0.2, 0.25) is 11.8 Å². The zero-order valence-corrected chi connectivity index (χ0v) is 17.3. The second kappa shape index (κ2) is 9.19. The second-order valence-corrected chi connectivity index (χ2v) is 7.10. The molecule has 0 radical (unpaired) electrons.